The van der Waals surface area contributed by atoms with Crippen molar-refractivity contribution in [2.75, 3.05) is 0 Å². The molecule has 0 spiro atoms. The van der Waals surface area contributed by atoms with Crippen molar-refractivity contribution in [1.29, 1.82) is 0 Å². The molecule has 126 valence electrons. The number of nitro benzene ring substituents is 1. The SMILES string of the molecule is Cc1nnc(Sc2ccc(C(=O)c3ccccc3)cc2[N+](=O)[O-])n1C. The summed E-state index contributed by atoms with van der Waals surface area (Å²) in [6.45, 7) is 1.80. The van der Waals surface area contributed by atoms with E-state index in [0.717, 1.165) is 11.8 Å². The number of aromatic nitrogens is 3. The zero-order valence-electron chi connectivity index (χ0n) is 13.5. The van der Waals surface area contributed by atoms with Crippen molar-refractivity contribution in [2.24, 2.45) is 7.05 Å². The Morgan fingerprint density at radius 3 is 2.44 bits per heavy atom. The molecular weight excluding hydrogens is 340 g/mol. The van der Waals surface area contributed by atoms with Gasteiger partial charge in [0.15, 0.2) is 10.9 Å². The van der Waals surface area contributed by atoms with Crippen LogP contribution in [0.1, 0.15) is 21.7 Å². The monoisotopic (exact) mass is 354 g/mol. The molecule has 0 aliphatic heterocycles. The van der Waals surface area contributed by atoms with Crippen LogP contribution in [-0.4, -0.2) is 25.5 Å². The van der Waals surface area contributed by atoms with Crippen molar-refractivity contribution in [3.63, 3.8) is 0 Å². The summed E-state index contributed by atoms with van der Waals surface area (Å²) in [7, 11) is 1.79. The number of carbonyl (C=O) groups is 1. The molecule has 25 heavy (non-hydrogen) atoms. The predicted molar refractivity (Wildman–Crippen MR) is 92.8 cm³/mol. The zero-order valence-corrected chi connectivity index (χ0v) is 14.4. The quantitative estimate of drug-likeness (QED) is 0.396. The van der Waals surface area contributed by atoms with Crippen molar-refractivity contribution in [1.82, 2.24) is 14.8 Å². The van der Waals surface area contributed by atoms with Crippen LogP contribution in [0.4, 0.5) is 5.69 Å². The van der Waals surface area contributed by atoms with E-state index in [9.17, 15) is 14.9 Å². The molecule has 3 aromatic rings. The van der Waals surface area contributed by atoms with Crippen molar-refractivity contribution >= 4 is 23.2 Å². The first-order valence-corrected chi connectivity index (χ1v) is 8.21. The number of nitrogens with zero attached hydrogens (tertiary/aromatic N) is 4. The van der Waals surface area contributed by atoms with E-state index in [2.05, 4.69) is 10.2 Å². The van der Waals surface area contributed by atoms with Gasteiger partial charge in [0, 0.05) is 24.2 Å². The summed E-state index contributed by atoms with van der Waals surface area (Å²) in [4.78, 5) is 23.9. The summed E-state index contributed by atoms with van der Waals surface area (Å²) in [5, 5.41) is 19.9. The molecular formula is C17H14N4O3S. The van der Waals surface area contributed by atoms with E-state index in [-0.39, 0.29) is 17.0 Å². The molecule has 0 bridgehead atoms. The smallest absolute Gasteiger partial charge is 0.284 e. The van der Waals surface area contributed by atoms with E-state index in [1.165, 1.54) is 6.07 Å². The Hall–Kier alpha value is -3.00. The third-order valence-corrected chi connectivity index (χ3v) is 4.81. The fourth-order valence-corrected chi connectivity index (χ4v) is 3.14. The molecule has 0 aliphatic rings. The maximum absolute atomic E-state index is 12.5. The Balaban J connectivity index is 1.97. The molecule has 0 amide bonds. The van der Waals surface area contributed by atoms with Crippen LogP contribution in [0.5, 0.6) is 0 Å². The molecule has 0 fully saturated rings. The predicted octanol–water partition coefficient (Wildman–Crippen LogP) is 3.41. The minimum absolute atomic E-state index is 0.132. The van der Waals surface area contributed by atoms with Gasteiger partial charge in [-0.3, -0.25) is 14.9 Å². The van der Waals surface area contributed by atoms with Gasteiger partial charge < -0.3 is 4.57 Å². The van der Waals surface area contributed by atoms with Crippen LogP contribution in [0.2, 0.25) is 0 Å². The fourth-order valence-electron chi connectivity index (χ4n) is 2.22. The van der Waals surface area contributed by atoms with Crippen molar-refractivity contribution in [3.8, 4) is 0 Å². The lowest BCUT2D eigenvalue weighted by molar-refractivity contribution is -0.387. The second-order valence-corrected chi connectivity index (χ2v) is 6.33. The normalized spacial score (nSPS) is 10.6. The highest BCUT2D eigenvalue weighted by atomic mass is 32.2. The highest BCUT2D eigenvalue weighted by molar-refractivity contribution is 7.99. The van der Waals surface area contributed by atoms with Crippen LogP contribution in [0.15, 0.2) is 58.6 Å². The number of carbonyl (C=O) groups excluding carboxylic acids is 1. The van der Waals surface area contributed by atoms with Gasteiger partial charge in [-0.2, -0.15) is 0 Å². The molecule has 0 unspecified atom stereocenters. The standard InChI is InChI=1S/C17H14N4O3S/c1-11-18-19-17(20(11)2)25-15-9-8-13(10-14(15)21(23)24)16(22)12-6-4-3-5-7-12/h3-10H,1-2H3. The zero-order chi connectivity index (χ0) is 18.0. The van der Waals surface area contributed by atoms with E-state index in [0.29, 0.717) is 21.4 Å². The highest BCUT2D eigenvalue weighted by Gasteiger charge is 2.21. The second kappa shape index (κ2) is 6.86. The molecule has 0 atom stereocenters. The van der Waals surface area contributed by atoms with Crippen LogP contribution < -0.4 is 0 Å². The van der Waals surface area contributed by atoms with Gasteiger partial charge in [-0.05, 0) is 30.8 Å². The average molecular weight is 354 g/mol. The minimum Gasteiger partial charge on any atom is -0.309 e. The molecule has 2 aromatic carbocycles. The Bertz CT molecular complexity index is 954. The lowest BCUT2D eigenvalue weighted by Gasteiger charge is -2.06. The molecule has 1 aromatic heterocycles. The van der Waals surface area contributed by atoms with Gasteiger partial charge in [-0.15, -0.1) is 10.2 Å². The van der Waals surface area contributed by atoms with E-state index in [1.807, 2.05) is 6.07 Å². The molecule has 0 radical (unpaired) electrons. The molecule has 8 heteroatoms. The minimum atomic E-state index is -0.493. The Kier molecular flexibility index (Phi) is 4.62. The lowest BCUT2D eigenvalue weighted by Crippen LogP contribution is -2.03. The first kappa shape index (κ1) is 16.8. The first-order valence-electron chi connectivity index (χ1n) is 7.39. The topological polar surface area (TPSA) is 90.9 Å². The van der Waals surface area contributed by atoms with E-state index < -0.39 is 4.92 Å². The van der Waals surface area contributed by atoms with Crippen LogP contribution in [0.3, 0.4) is 0 Å². The summed E-state index contributed by atoms with van der Waals surface area (Å²) in [6, 6.07) is 13.1. The number of hydrogen-bond donors (Lipinski definition) is 0. The van der Waals surface area contributed by atoms with Gasteiger partial charge >= 0.3 is 0 Å². The molecule has 3 rings (SSSR count). The van der Waals surface area contributed by atoms with Gasteiger partial charge in [-0.25, -0.2) is 0 Å². The molecule has 7 nitrogen and oxygen atoms in total. The number of benzene rings is 2. The van der Waals surface area contributed by atoms with Crippen LogP contribution in [0.25, 0.3) is 0 Å². The number of hydrogen-bond acceptors (Lipinski definition) is 6. The maximum Gasteiger partial charge on any atom is 0.284 e. The summed E-state index contributed by atoms with van der Waals surface area (Å²) < 4.78 is 1.75. The van der Waals surface area contributed by atoms with Gasteiger partial charge in [0.25, 0.3) is 5.69 Å². The summed E-state index contributed by atoms with van der Waals surface area (Å²) in [5.41, 5.74) is 0.630. The highest BCUT2D eigenvalue weighted by Crippen LogP contribution is 2.34. The van der Waals surface area contributed by atoms with Crippen molar-refractivity contribution in [2.45, 2.75) is 17.0 Å². The number of ketones is 1. The van der Waals surface area contributed by atoms with E-state index in [4.69, 9.17) is 0 Å². The Labute approximate surface area is 147 Å². The first-order chi connectivity index (χ1) is 12.0. The van der Waals surface area contributed by atoms with Crippen LogP contribution in [0, 0.1) is 17.0 Å². The number of nitro groups is 1. The van der Waals surface area contributed by atoms with E-state index in [1.54, 1.807) is 54.9 Å². The largest absolute Gasteiger partial charge is 0.309 e. The fraction of sp³-hybridized carbons (Fsp3) is 0.118. The van der Waals surface area contributed by atoms with Crippen molar-refractivity contribution in [3.05, 3.63) is 75.6 Å². The molecule has 1 heterocycles. The third kappa shape index (κ3) is 3.43. The van der Waals surface area contributed by atoms with Crippen LogP contribution >= 0.6 is 11.8 Å². The van der Waals surface area contributed by atoms with Crippen molar-refractivity contribution < 1.29 is 9.72 Å². The average Bonchev–Trinajstić information content (AvgIpc) is 2.94. The van der Waals surface area contributed by atoms with Gasteiger partial charge in [0.2, 0.25) is 0 Å². The van der Waals surface area contributed by atoms with Gasteiger partial charge in [0.1, 0.15) is 5.82 Å². The molecule has 0 N–H and O–H groups in total. The molecule has 0 saturated heterocycles. The Morgan fingerprint density at radius 2 is 1.84 bits per heavy atom. The molecule has 0 aliphatic carbocycles. The lowest BCUT2D eigenvalue weighted by atomic mass is 10.0. The summed E-state index contributed by atoms with van der Waals surface area (Å²) in [6.07, 6.45) is 0. The third-order valence-electron chi connectivity index (χ3n) is 3.71. The Morgan fingerprint density at radius 1 is 1.12 bits per heavy atom. The summed E-state index contributed by atoms with van der Waals surface area (Å²) in [5.74, 6) is 0.454. The maximum atomic E-state index is 12.5. The van der Waals surface area contributed by atoms with Gasteiger partial charge in [0.05, 0.1) is 9.82 Å². The molecule has 0 saturated carbocycles. The summed E-state index contributed by atoms with van der Waals surface area (Å²) >= 11 is 1.14. The van der Waals surface area contributed by atoms with Crippen LogP contribution in [-0.2, 0) is 7.05 Å². The number of rotatable bonds is 5. The second-order valence-electron chi connectivity index (χ2n) is 5.33. The van der Waals surface area contributed by atoms with Gasteiger partial charge in [-0.1, -0.05) is 30.3 Å². The van der Waals surface area contributed by atoms with E-state index >= 15 is 0 Å². The number of aryl methyl sites for hydroxylation is 1.